The minimum atomic E-state index is -1.07. The van der Waals surface area contributed by atoms with Crippen molar-refractivity contribution in [3.05, 3.63) is 0 Å². The summed E-state index contributed by atoms with van der Waals surface area (Å²) < 4.78 is 0. The van der Waals surface area contributed by atoms with Gasteiger partial charge in [0.25, 0.3) is 0 Å². The van der Waals surface area contributed by atoms with E-state index in [1.807, 2.05) is 0 Å². The number of nitrogens with one attached hydrogen (secondary N) is 1. The van der Waals surface area contributed by atoms with E-state index < -0.39 is 24.0 Å². The Bertz CT molecular complexity index is 196. The number of carbonyl (C=O) groups excluding carboxylic acids is 1. The molecule has 4 N–H and O–H groups in total. The zero-order valence-electron chi connectivity index (χ0n) is 7.36. The van der Waals surface area contributed by atoms with E-state index in [4.69, 9.17) is 10.8 Å². The van der Waals surface area contributed by atoms with Crippen LogP contribution in [0.5, 0.6) is 0 Å². The molecular weight excluding hydrogens is 192 g/mol. The molecule has 76 valence electrons. The Hall–Kier alpha value is -0.750. The average molecular weight is 206 g/mol. The number of thiol groups is 1. The van der Waals surface area contributed by atoms with Crippen LogP contribution < -0.4 is 11.1 Å². The molecule has 0 rings (SSSR count). The first-order valence-electron chi connectivity index (χ1n) is 3.88. The highest BCUT2D eigenvalue weighted by atomic mass is 32.1. The molecule has 0 spiro atoms. The number of amides is 1. The van der Waals surface area contributed by atoms with E-state index in [1.54, 1.807) is 0 Å². The van der Waals surface area contributed by atoms with E-state index in [9.17, 15) is 9.59 Å². The van der Waals surface area contributed by atoms with Crippen molar-refractivity contribution in [1.29, 1.82) is 0 Å². The van der Waals surface area contributed by atoms with E-state index in [0.717, 1.165) is 0 Å². The molecule has 0 bridgehead atoms. The Balaban J connectivity index is 4.10. The Morgan fingerprint density at radius 2 is 2.15 bits per heavy atom. The second kappa shape index (κ2) is 5.82. The second-order valence-electron chi connectivity index (χ2n) is 2.70. The molecule has 0 aliphatic heterocycles. The maximum atomic E-state index is 11.0. The fourth-order valence-electron chi connectivity index (χ4n) is 0.690. The first-order valence-corrected chi connectivity index (χ1v) is 4.52. The second-order valence-corrected chi connectivity index (χ2v) is 3.15. The van der Waals surface area contributed by atoms with Crippen molar-refractivity contribution in [2.24, 2.45) is 5.73 Å². The number of aliphatic carboxylic acids is 1. The van der Waals surface area contributed by atoms with E-state index in [0.29, 0.717) is 5.75 Å². The van der Waals surface area contributed by atoms with Gasteiger partial charge < -0.3 is 16.2 Å². The summed E-state index contributed by atoms with van der Waals surface area (Å²) in [7, 11) is 0. The van der Waals surface area contributed by atoms with Gasteiger partial charge in [-0.3, -0.25) is 4.79 Å². The highest BCUT2D eigenvalue weighted by Crippen LogP contribution is 1.95. The van der Waals surface area contributed by atoms with Crippen LogP contribution in [0.25, 0.3) is 0 Å². The molecule has 0 aromatic carbocycles. The SMILES string of the molecule is C[C@H](N)C(=O)N[C@H](CCS)C(=O)O. The van der Waals surface area contributed by atoms with Gasteiger partial charge in [0, 0.05) is 0 Å². The van der Waals surface area contributed by atoms with Crippen LogP contribution in [0, 0.1) is 0 Å². The van der Waals surface area contributed by atoms with Gasteiger partial charge in [-0.05, 0) is 19.1 Å². The summed E-state index contributed by atoms with van der Waals surface area (Å²) in [5.74, 6) is -1.13. The lowest BCUT2D eigenvalue weighted by molar-refractivity contribution is -0.142. The third kappa shape index (κ3) is 4.74. The van der Waals surface area contributed by atoms with Crippen LogP contribution >= 0.6 is 12.6 Å². The van der Waals surface area contributed by atoms with Gasteiger partial charge in [-0.1, -0.05) is 0 Å². The van der Waals surface area contributed by atoms with Gasteiger partial charge in [-0.15, -0.1) is 0 Å². The maximum absolute atomic E-state index is 11.0. The molecule has 1 amide bonds. The summed E-state index contributed by atoms with van der Waals surface area (Å²) >= 11 is 3.88. The Kier molecular flexibility index (Phi) is 5.48. The van der Waals surface area contributed by atoms with Gasteiger partial charge >= 0.3 is 5.97 Å². The van der Waals surface area contributed by atoms with Crippen LogP contribution in [0.2, 0.25) is 0 Å². The van der Waals surface area contributed by atoms with Gasteiger partial charge in [0.2, 0.25) is 5.91 Å². The normalized spacial score (nSPS) is 14.7. The fourth-order valence-corrected chi connectivity index (χ4v) is 0.948. The van der Waals surface area contributed by atoms with Crippen molar-refractivity contribution in [2.75, 3.05) is 5.75 Å². The van der Waals surface area contributed by atoms with Crippen LogP contribution in [0.4, 0.5) is 0 Å². The van der Waals surface area contributed by atoms with Crippen LogP contribution in [0.1, 0.15) is 13.3 Å². The summed E-state index contributed by atoms with van der Waals surface area (Å²) in [4.78, 5) is 21.6. The van der Waals surface area contributed by atoms with Crippen LogP contribution in [0.15, 0.2) is 0 Å². The lowest BCUT2D eigenvalue weighted by atomic mass is 10.2. The van der Waals surface area contributed by atoms with Crippen LogP contribution in [-0.4, -0.2) is 34.8 Å². The third-order valence-corrected chi connectivity index (χ3v) is 1.70. The summed E-state index contributed by atoms with van der Waals surface area (Å²) in [6, 6.07) is -1.59. The molecule has 0 aromatic rings. The Morgan fingerprint density at radius 3 is 2.46 bits per heavy atom. The highest BCUT2D eigenvalue weighted by Gasteiger charge is 2.20. The van der Waals surface area contributed by atoms with Gasteiger partial charge in [-0.25, -0.2) is 4.79 Å². The standard InChI is InChI=1S/C7H14N2O3S/c1-4(8)6(10)9-5(2-3-13)7(11)12/h4-5,13H,2-3,8H2,1H3,(H,9,10)(H,11,12)/t4-,5+/m0/s1. The van der Waals surface area contributed by atoms with Gasteiger partial charge in [0.05, 0.1) is 6.04 Å². The molecule has 0 aliphatic rings. The molecule has 0 saturated heterocycles. The predicted octanol–water partition coefficient (Wildman–Crippen LogP) is -0.777. The van der Waals surface area contributed by atoms with E-state index in [2.05, 4.69) is 17.9 Å². The highest BCUT2D eigenvalue weighted by molar-refractivity contribution is 7.80. The molecule has 2 atom stereocenters. The fraction of sp³-hybridized carbons (Fsp3) is 0.714. The average Bonchev–Trinajstić information content (AvgIpc) is 2.03. The molecule has 5 nitrogen and oxygen atoms in total. The minimum absolute atomic E-state index is 0.289. The maximum Gasteiger partial charge on any atom is 0.326 e. The first-order chi connectivity index (χ1) is 5.99. The summed E-state index contributed by atoms with van der Waals surface area (Å²) in [5.41, 5.74) is 5.26. The summed E-state index contributed by atoms with van der Waals surface area (Å²) in [6.45, 7) is 1.49. The van der Waals surface area contributed by atoms with Crippen molar-refractivity contribution in [1.82, 2.24) is 5.32 Å². The van der Waals surface area contributed by atoms with Crippen molar-refractivity contribution in [3.8, 4) is 0 Å². The van der Waals surface area contributed by atoms with E-state index in [1.165, 1.54) is 6.92 Å². The summed E-state index contributed by atoms with van der Waals surface area (Å²) in [5, 5.41) is 10.9. The van der Waals surface area contributed by atoms with Crippen molar-refractivity contribution in [3.63, 3.8) is 0 Å². The topological polar surface area (TPSA) is 92.4 Å². The van der Waals surface area contributed by atoms with E-state index >= 15 is 0 Å². The molecule has 6 heteroatoms. The van der Waals surface area contributed by atoms with Crippen LogP contribution in [0.3, 0.4) is 0 Å². The first kappa shape index (κ1) is 12.2. The number of carboxylic acid groups (broad SMARTS) is 1. The minimum Gasteiger partial charge on any atom is -0.480 e. The Morgan fingerprint density at radius 1 is 1.62 bits per heavy atom. The van der Waals surface area contributed by atoms with Gasteiger partial charge in [0.15, 0.2) is 0 Å². The number of nitrogens with two attached hydrogens (primary N) is 1. The van der Waals surface area contributed by atoms with Crippen molar-refractivity contribution < 1.29 is 14.7 Å². The lowest BCUT2D eigenvalue weighted by Crippen LogP contribution is -2.47. The molecule has 0 heterocycles. The Labute approximate surface area is 82.1 Å². The monoisotopic (exact) mass is 206 g/mol. The van der Waals surface area contributed by atoms with Crippen molar-refractivity contribution in [2.45, 2.75) is 25.4 Å². The van der Waals surface area contributed by atoms with Gasteiger partial charge in [0.1, 0.15) is 6.04 Å². The number of carbonyl (C=O) groups is 2. The molecular formula is C7H14N2O3S. The molecule has 0 fully saturated rings. The predicted molar refractivity (Wildman–Crippen MR) is 51.7 cm³/mol. The van der Waals surface area contributed by atoms with Crippen LogP contribution in [-0.2, 0) is 9.59 Å². The van der Waals surface area contributed by atoms with E-state index in [-0.39, 0.29) is 6.42 Å². The van der Waals surface area contributed by atoms with Gasteiger partial charge in [-0.2, -0.15) is 12.6 Å². The molecule has 0 saturated carbocycles. The molecule has 0 radical (unpaired) electrons. The quantitative estimate of drug-likeness (QED) is 0.444. The smallest absolute Gasteiger partial charge is 0.326 e. The number of carboxylic acids is 1. The lowest BCUT2D eigenvalue weighted by Gasteiger charge is -2.14. The molecule has 0 unspecified atom stereocenters. The van der Waals surface area contributed by atoms with Crippen molar-refractivity contribution >= 4 is 24.5 Å². The molecule has 13 heavy (non-hydrogen) atoms. The largest absolute Gasteiger partial charge is 0.480 e. The third-order valence-electron chi connectivity index (χ3n) is 1.45. The molecule has 0 aliphatic carbocycles. The number of hydrogen-bond donors (Lipinski definition) is 4. The molecule has 0 aromatic heterocycles. The zero-order valence-corrected chi connectivity index (χ0v) is 8.25. The number of hydrogen-bond acceptors (Lipinski definition) is 4. The number of rotatable bonds is 5. The summed E-state index contributed by atoms with van der Waals surface area (Å²) in [6.07, 6.45) is 0.289. The zero-order chi connectivity index (χ0) is 10.4.